The van der Waals surface area contributed by atoms with Gasteiger partial charge in [0.1, 0.15) is 11.2 Å². The van der Waals surface area contributed by atoms with E-state index in [0.717, 1.165) is 6.07 Å². The van der Waals surface area contributed by atoms with E-state index in [9.17, 15) is 34.8 Å². The van der Waals surface area contributed by atoms with Crippen molar-refractivity contribution in [3.63, 3.8) is 0 Å². The molecular weight excluding hydrogens is 466 g/mol. The molecule has 0 aliphatic rings. The van der Waals surface area contributed by atoms with Crippen LogP contribution in [0.1, 0.15) is 18.1 Å². The maximum absolute atomic E-state index is 13.2. The molecule has 15 heteroatoms. The molecule has 0 saturated heterocycles. The highest BCUT2D eigenvalue weighted by Crippen LogP contribution is 2.34. The molecule has 0 atom stereocenters. The Bertz CT molecular complexity index is 1470. The molecular formula is C17H12F6N6O2S. The average molecular weight is 478 g/mol. The van der Waals surface area contributed by atoms with Gasteiger partial charge in [-0.1, -0.05) is 6.92 Å². The molecule has 0 saturated carbocycles. The van der Waals surface area contributed by atoms with Gasteiger partial charge in [-0.05, 0) is 6.07 Å². The Morgan fingerprint density at radius 2 is 1.59 bits per heavy atom. The first kappa shape index (κ1) is 22.0. The Kier molecular flexibility index (Phi) is 4.73. The first-order valence-corrected chi connectivity index (χ1v) is 10.5. The second-order valence-corrected chi connectivity index (χ2v) is 8.93. The molecule has 0 bridgehead atoms. The lowest BCUT2D eigenvalue weighted by Gasteiger charge is -2.08. The molecule has 0 fully saturated rings. The number of fused-ring (bicyclic) bond motifs is 2. The van der Waals surface area contributed by atoms with E-state index in [1.807, 2.05) is 0 Å². The zero-order valence-corrected chi connectivity index (χ0v) is 17.0. The van der Waals surface area contributed by atoms with Gasteiger partial charge in [0, 0.05) is 25.6 Å². The van der Waals surface area contributed by atoms with E-state index in [0.29, 0.717) is 23.0 Å². The van der Waals surface area contributed by atoms with Crippen LogP contribution < -0.4 is 0 Å². The smallest absolute Gasteiger partial charge is 0.310 e. The maximum atomic E-state index is 13.2. The lowest BCUT2D eigenvalue weighted by Crippen LogP contribution is -2.12. The third kappa shape index (κ3) is 3.45. The van der Waals surface area contributed by atoms with Gasteiger partial charge in [-0.2, -0.15) is 26.3 Å². The second kappa shape index (κ2) is 6.88. The standard InChI is InChI=1S/C17H12F6N6O2S/c1-3-32(30,31)14-11(27-15-25-6-9(7-29(14)15)17(21,22)23)13-26-10-4-8(16(18,19)20)5-24-12(10)28(13)2/h4-7H,3H2,1-2H3. The van der Waals surface area contributed by atoms with Gasteiger partial charge < -0.3 is 4.57 Å². The maximum Gasteiger partial charge on any atom is 0.419 e. The molecule has 0 radical (unpaired) electrons. The van der Waals surface area contributed by atoms with Gasteiger partial charge >= 0.3 is 12.4 Å². The predicted molar refractivity (Wildman–Crippen MR) is 98.2 cm³/mol. The number of nitrogens with zero attached hydrogens (tertiary/aromatic N) is 6. The van der Waals surface area contributed by atoms with Gasteiger partial charge in [0.25, 0.3) is 0 Å². The lowest BCUT2D eigenvalue weighted by atomic mass is 10.2. The zero-order chi connectivity index (χ0) is 23.6. The highest BCUT2D eigenvalue weighted by molar-refractivity contribution is 7.91. The number of imidazole rings is 2. The van der Waals surface area contributed by atoms with Crippen LogP contribution in [0, 0.1) is 0 Å². The normalized spacial score (nSPS) is 13.4. The van der Waals surface area contributed by atoms with Crippen LogP contribution in [0.3, 0.4) is 0 Å². The van der Waals surface area contributed by atoms with Crippen molar-refractivity contribution in [2.75, 3.05) is 5.75 Å². The van der Waals surface area contributed by atoms with Gasteiger partial charge in [0.2, 0.25) is 5.78 Å². The quantitative estimate of drug-likeness (QED) is 0.419. The Hall–Kier alpha value is -3.23. The Labute approximate surface area is 175 Å². The van der Waals surface area contributed by atoms with Gasteiger partial charge in [-0.25, -0.2) is 28.4 Å². The fourth-order valence-corrected chi connectivity index (χ4v) is 4.22. The number of sulfone groups is 1. The van der Waals surface area contributed by atoms with Crippen molar-refractivity contribution in [2.45, 2.75) is 24.3 Å². The van der Waals surface area contributed by atoms with Gasteiger partial charge in [-0.15, -0.1) is 0 Å². The molecule has 4 aromatic heterocycles. The molecule has 8 nitrogen and oxygen atoms in total. The highest BCUT2D eigenvalue weighted by atomic mass is 32.2. The van der Waals surface area contributed by atoms with Crippen LogP contribution in [0.25, 0.3) is 28.5 Å². The van der Waals surface area contributed by atoms with Crippen molar-refractivity contribution in [1.82, 2.24) is 28.9 Å². The fourth-order valence-electron chi connectivity index (χ4n) is 3.08. The number of alkyl halides is 6. The van der Waals surface area contributed by atoms with E-state index < -0.39 is 44.1 Å². The van der Waals surface area contributed by atoms with Crippen LogP contribution in [0.5, 0.6) is 0 Å². The number of halogens is 6. The summed E-state index contributed by atoms with van der Waals surface area (Å²) in [7, 11) is -2.80. The van der Waals surface area contributed by atoms with Crippen LogP contribution in [0.4, 0.5) is 26.3 Å². The first-order chi connectivity index (χ1) is 14.7. The third-order valence-corrected chi connectivity index (χ3v) is 6.43. The summed E-state index contributed by atoms with van der Waals surface area (Å²) in [6.07, 6.45) is -7.84. The van der Waals surface area contributed by atoms with Crippen molar-refractivity contribution in [3.05, 3.63) is 35.8 Å². The van der Waals surface area contributed by atoms with E-state index in [4.69, 9.17) is 0 Å². The van der Waals surface area contributed by atoms with E-state index in [1.54, 1.807) is 0 Å². The average Bonchev–Trinajstić information content (AvgIpc) is 3.24. The predicted octanol–water partition coefficient (Wildman–Crippen LogP) is 3.51. The fraction of sp³-hybridized carbons (Fsp3) is 0.294. The number of aromatic nitrogens is 6. The van der Waals surface area contributed by atoms with Crippen LogP contribution in [-0.2, 0) is 29.2 Å². The van der Waals surface area contributed by atoms with Gasteiger partial charge in [0.05, 0.1) is 16.9 Å². The summed E-state index contributed by atoms with van der Waals surface area (Å²) >= 11 is 0. The summed E-state index contributed by atoms with van der Waals surface area (Å²) in [4.78, 5) is 15.4. The largest absolute Gasteiger partial charge is 0.419 e. The third-order valence-electron chi connectivity index (χ3n) is 4.69. The van der Waals surface area contributed by atoms with Crippen molar-refractivity contribution in [1.29, 1.82) is 0 Å². The number of hydrogen-bond donors (Lipinski definition) is 0. The van der Waals surface area contributed by atoms with E-state index in [1.165, 1.54) is 18.5 Å². The molecule has 0 N–H and O–H groups in total. The molecule has 4 aromatic rings. The molecule has 4 heterocycles. The van der Waals surface area contributed by atoms with Gasteiger partial charge in [0.15, 0.2) is 26.3 Å². The number of aryl methyl sites for hydroxylation is 1. The Morgan fingerprint density at radius 1 is 0.969 bits per heavy atom. The highest BCUT2D eigenvalue weighted by Gasteiger charge is 2.35. The minimum Gasteiger partial charge on any atom is -0.310 e. The summed E-state index contributed by atoms with van der Waals surface area (Å²) in [5.41, 5.74) is -2.83. The lowest BCUT2D eigenvalue weighted by molar-refractivity contribution is -0.138. The molecule has 0 amide bonds. The minimum absolute atomic E-state index is 0.00570. The summed E-state index contributed by atoms with van der Waals surface area (Å²) in [5, 5.41) is -0.608. The molecule has 4 rings (SSSR count). The SMILES string of the molecule is CCS(=O)(=O)c1c(-c2nc3cc(C(F)(F)F)cnc3n2C)nc2ncc(C(F)(F)F)cn12. The molecule has 0 spiro atoms. The van der Waals surface area contributed by atoms with Gasteiger partial charge in [-0.3, -0.25) is 4.40 Å². The van der Waals surface area contributed by atoms with Crippen LogP contribution in [0.15, 0.2) is 29.7 Å². The molecule has 0 aromatic carbocycles. The van der Waals surface area contributed by atoms with Crippen molar-refractivity contribution < 1.29 is 34.8 Å². The Morgan fingerprint density at radius 3 is 2.19 bits per heavy atom. The number of hydrogen-bond acceptors (Lipinski definition) is 6. The summed E-state index contributed by atoms with van der Waals surface area (Å²) < 4.78 is 106. The Balaban J connectivity index is 2.05. The van der Waals surface area contributed by atoms with E-state index >= 15 is 0 Å². The topological polar surface area (TPSA) is 95.0 Å². The monoisotopic (exact) mass is 478 g/mol. The second-order valence-electron chi connectivity index (χ2n) is 6.74. The molecule has 0 aliphatic carbocycles. The minimum atomic E-state index is -4.80. The van der Waals surface area contributed by atoms with Crippen molar-refractivity contribution in [2.24, 2.45) is 7.05 Å². The molecule has 32 heavy (non-hydrogen) atoms. The molecule has 170 valence electrons. The van der Waals surface area contributed by atoms with Crippen LogP contribution in [-0.4, -0.2) is 43.1 Å². The molecule has 0 aliphatic heterocycles. The van der Waals surface area contributed by atoms with Crippen LogP contribution in [0.2, 0.25) is 0 Å². The van der Waals surface area contributed by atoms with Crippen molar-refractivity contribution in [3.8, 4) is 11.5 Å². The number of rotatable bonds is 3. The summed E-state index contributed by atoms with van der Waals surface area (Å²) in [6.45, 7) is 1.28. The molecule has 0 unspecified atom stereocenters. The zero-order valence-electron chi connectivity index (χ0n) is 16.2. The summed E-state index contributed by atoms with van der Waals surface area (Å²) in [5.74, 6) is -1.03. The number of pyridine rings is 1. The van der Waals surface area contributed by atoms with Crippen LogP contribution >= 0.6 is 0 Å². The van der Waals surface area contributed by atoms with E-state index in [-0.39, 0.29) is 28.5 Å². The van der Waals surface area contributed by atoms with E-state index in [2.05, 4.69) is 19.9 Å². The van der Waals surface area contributed by atoms with Crippen molar-refractivity contribution >= 4 is 26.8 Å². The first-order valence-electron chi connectivity index (χ1n) is 8.82. The summed E-state index contributed by atoms with van der Waals surface area (Å²) in [6, 6.07) is 0.732.